The third-order valence-corrected chi connectivity index (χ3v) is 5.10. The Morgan fingerprint density at radius 3 is 2.48 bits per heavy atom. The Hall–Kier alpha value is -2.33. The average molecular weight is 367 g/mol. The van der Waals surface area contributed by atoms with E-state index in [1.807, 2.05) is 30.3 Å². The van der Waals surface area contributed by atoms with Gasteiger partial charge >= 0.3 is 0 Å². The van der Waals surface area contributed by atoms with E-state index in [2.05, 4.69) is 41.4 Å². The van der Waals surface area contributed by atoms with Crippen LogP contribution >= 0.6 is 0 Å². The van der Waals surface area contributed by atoms with Crippen LogP contribution in [0.25, 0.3) is 0 Å². The molecule has 1 N–H and O–H groups in total. The van der Waals surface area contributed by atoms with Crippen molar-refractivity contribution in [2.24, 2.45) is 5.92 Å². The minimum Gasteiger partial charge on any atom is -0.494 e. The fraction of sp³-hybridized carbons (Fsp3) is 0.435. The summed E-state index contributed by atoms with van der Waals surface area (Å²) >= 11 is 0. The second-order valence-corrected chi connectivity index (χ2v) is 7.47. The van der Waals surface area contributed by atoms with Gasteiger partial charge in [0.2, 0.25) is 5.91 Å². The fourth-order valence-electron chi connectivity index (χ4n) is 3.37. The SMILES string of the molecule is CC1CCN(CC(=O)Nc2ccc(OCCCc3ccccc3)cc2)CC1. The Balaban J connectivity index is 1.36. The van der Waals surface area contributed by atoms with Crippen molar-refractivity contribution in [1.82, 2.24) is 4.90 Å². The van der Waals surface area contributed by atoms with Crippen molar-refractivity contribution in [2.45, 2.75) is 32.6 Å². The molecule has 1 fully saturated rings. The molecule has 4 nitrogen and oxygen atoms in total. The number of anilines is 1. The Morgan fingerprint density at radius 1 is 1.07 bits per heavy atom. The number of carbonyl (C=O) groups excluding carboxylic acids is 1. The molecule has 1 amide bonds. The molecular formula is C23H30N2O2. The molecule has 3 rings (SSSR count). The number of aryl methyl sites for hydroxylation is 1. The van der Waals surface area contributed by atoms with Gasteiger partial charge in [0.25, 0.3) is 0 Å². The third kappa shape index (κ3) is 6.72. The molecule has 4 heteroatoms. The number of rotatable bonds is 8. The lowest BCUT2D eigenvalue weighted by Gasteiger charge is -2.29. The molecule has 0 bridgehead atoms. The van der Waals surface area contributed by atoms with Gasteiger partial charge in [-0.3, -0.25) is 9.69 Å². The average Bonchev–Trinajstić information content (AvgIpc) is 2.69. The van der Waals surface area contributed by atoms with E-state index in [0.29, 0.717) is 13.2 Å². The van der Waals surface area contributed by atoms with Gasteiger partial charge in [0.1, 0.15) is 5.75 Å². The number of ether oxygens (including phenoxy) is 1. The zero-order valence-corrected chi connectivity index (χ0v) is 16.2. The molecule has 0 radical (unpaired) electrons. The minimum absolute atomic E-state index is 0.0566. The van der Waals surface area contributed by atoms with Gasteiger partial charge in [0.05, 0.1) is 13.2 Å². The summed E-state index contributed by atoms with van der Waals surface area (Å²) in [5.41, 5.74) is 2.16. The number of hydrogen-bond acceptors (Lipinski definition) is 3. The van der Waals surface area contributed by atoms with Crippen molar-refractivity contribution in [3.8, 4) is 5.75 Å². The zero-order valence-electron chi connectivity index (χ0n) is 16.2. The summed E-state index contributed by atoms with van der Waals surface area (Å²) in [5.74, 6) is 1.68. The molecular weight excluding hydrogens is 336 g/mol. The highest BCUT2D eigenvalue weighted by Crippen LogP contribution is 2.18. The number of piperidine rings is 1. The van der Waals surface area contributed by atoms with Crippen molar-refractivity contribution in [2.75, 3.05) is 31.6 Å². The van der Waals surface area contributed by atoms with Crippen LogP contribution in [0.3, 0.4) is 0 Å². The van der Waals surface area contributed by atoms with Gasteiger partial charge in [-0.05, 0) is 74.5 Å². The lowest BCUT2D eigenvalue weighted by molar-refractivity contribution is -0.117. The second-order valence-electron chi connectivity index (χ2n) is 7.47. The second kappa shape index (κ2) is 10.1. The first-order chi connectivity index (χ1) is 13.2. The van der Waals surface area contributed by atoms with Gasteiger partial charge in [0, 0.05) is 5.69 Å². The fourth-order valence-corrected chi connectivity index (χ4v) is 3.37. The summed E-state index contributed by atoms with van der Waals surface area (Å²) in [5, 5.41) is 2.98. The summed E-state index contributed by atoms with van der Waals surface area (Å²) in [6, 6.07) is 18.1. The highest BCUT2D eigenvalue weighted by Gasteiger charge is 2.17. The van der Waals surface area contributed by atoms with Gasteiger partial charge < -0.3 is 10.1 Å². The van der Waals surface area contributed by atoms with Crippen LogP contribution in [-0.4, -0.2) is 37.0 Å². The number of nitrogens with zero attached hydrogens (tertiary/aromatic N) is 1. The van der Waals surface area contributed by atoms with Crippen LogP contribution in [0.4, 0.5) is 5.69 Å². The highest BCUT2D eigenvalue weighted by atomic mass is 16.5. The van der Waals surface area contributed by atoms with Gasteiger partial charge in [-0.15, -0.1) is 0 Å². The zero-order chi connectivity index (χ0) is 18.9. The van der Waals surface area contributed by atoms with Crippen molar-refractivity contribution >= 4 is 11.6 Å². The number of carbonyl (C=O) groups is 1. The lowest BCUT2D eigenvalue weighted by Crippen LogP contribution is -2.38. The van der Waals surface area contributed by atoms with E-state index >= 15 is 0 Å². The number of likely N-dealkylation sites (tertiary alicyclic amines) is 1. The smallest absolute Gasteiger partial charge is 0.238 e. The normalized spacial score (nSPS) is 15.4. The van der Waals surface area contributed by atoms with Crippen molar-refractivity contribution in [1.29, 1.82) is 0 Å². The molecule has 1 aliphatic rings. The predicted molar refractivity (Wildman–Crippen MR) is 110 cm³/mol. The van der Waals surface area contributed by atoms with Crippen LogP contribution in [0, 0.1) is 5.92 Å². The highest BCUT2D eigenvalue weighted by molar-refractivity contribution is 5.92. The van der Waals surface area contributed by atoms with Crippen molar-refractivity contribution in [3.63, 3.8) is 0 Å². The van der Waals surface area contributed by atoms with Crippen molar-refractivity contribution in [3.05, 3.63) is 60.2 Å². The maximum Gasteiger partial charge on any atom is 0.238 e. The van der Waals surface area contributed by atoms with E-state index in [0.717, 1.165) is 43.3 Å². The molecule has 1 saturated heterocycles. The van der Waals surface area contributed by atoms with E-state index in [9.17, 15) is 4.79 Å². The Labute approximate surface area is 162 Å². The van der Waals surface area contributed by atoms with Gasteiger partial charge in [0.15, 0.2) is 0 Å². The summed E-state index contributed by atoms with van der Waals surface area (Å²) in [6.45, 7) is 5.48. The maximum atomic E-state index is 12.2. The van der Waals surface area contributed by atoms with Crippen LogP contribution in [0.2, 0.25) is 0 Å². The number of nitrogens with one attached hydrogen (secondary N) is 1. The molecule has 2 aromatic carbocycles. The number of hydrogen-bond donors (Lipinski definition) is 1. The largest absolute Gasteiger partial charge is 0.494 e. The van der Waals surface area contributed by atoms with Crippen LogP contribution in [0.1, 0.15) is 31.7 Å². The molecule has 1 heterocycles. The van der Waals surface area contributed by atoms with E-state index in [1.165, 1.54) is 18.4 Å². The predicted octanol–water partition coefficient (Wildman–Crippen LogP) is 4.37. The summed E-state index contributed by atoms with van der Waals surface area (Å²) in [6.07, 6.45) is 4.37. The molecule has 1 aliphatic heterocycles. The summed E-state index contributed by atoms with van der Waals surface area (Å²) < 4.78 is 5.80. The maximum absolute atomic E-state index is 12.2. The van der Waals surface area contributed by atoms with Crippen molar-refractivity contribution < 1.29 is 9.53 Å². The van der Waals surface area contributed by atoms with E-state index in [4.69, 9.17) is 4.74 Å². The molecule has 0 atom stereocenters. The quantitative estimate of drug-likeness (QED) is 0.706. The first-order valence-electron chi connectivity index (χ1n) is 9.98. The summed E-state index contributed by atoms with van der Waals surface area (Å²) in [7, 11) is 0. The Morgan fingerprint density at radius 2 is 1.78 bits per heavy atom. The van der Waals surface area contributed by atoms with E-state index in [1.54, 1.807) is 0 Å². The molecule has 0 unspecified atom stereocenters. The van der Waals surface area contributed by atoms with Crippen LogP contribution in [0.15, 0.2) is 54.6 Å². The monoisotopic (exact) mass is 366 g/mol. The standard InChI is InChI=1S/C23H30N2O2/c1-19-13-15-25(16-14-19)18-23(26)24-21-9-11-22(12-10-21)27-17-5-8-20-6-3-2-4-7-20/h2-4,6-7,9-12,19H,5,8,13-18H2,1H3,(H,24,26). The Bertz CT molecular complexity index is 692. The van der Waals surface area contributed by atoms with Gasteiger partial charge in [-0.1, -0.05) is 37.3 Å². The molecule has 0 spiro atoms. The molecule has 0 aromatic heterocycles. The lowest BCUT2D eigenvalue weighted by atomic mass is 9.99. The van der Waals surface area contributed by atoms with Crippen LogP contribution in [-0.2, 0) is 11.2 Å². The third-order valence-electron chi connectivity index (χ3n) is 5.10. The Kier molecular flexibility index (Phi) is 7.28. The molecule has 0 saturated carbocycles. The molecule has 2 aromatic rings. The van der Waals surface area contributed by atoms with E-state index in [-0.39, 0.29) is 5.91 Å². The first kappa shape index (κ1) is 19.4. The van der Waals surface area contributed by atoms with Crippen LogP contribution < -0.4 is 10.1 Å². The molecule has 0 aliphatic carbocycles. The van der Waals surface area contributed by atoms with Crippen LogP contribution in [0.5, 0.6) is 5.75 Å². The minimum atomic E-state index is 0.0566. The molecule has 144 valence electrons. The topological polar surface area (TPSA) is 41.6 Å². The van der Waals surface area contributed by atoms with E-state index < -0.39 is 0 Å². The first-order valence-corrected chi connectivity index (χ1v) is 9.98. The molecule has 27 heavy (non-hydrogen) atoms. The summed E-state index contributed by atoms with van der Waals surface area (Å²) in [4.78, 5) is 14.4. The van der Waals surface area contributed by atoms with Gasteiger partial charge in [-0.25, -0.2) is 0 Å². The number of benzene rings is 2. The number of amides is 1. The van der Waals surface area contributed by atoms with Gasteiger partial charge in [-0.2, -0.15) is 0 Å².